The second-order valence-electron chi connectivity index (χ2n) is 7.11. The van der Waals surface area contributed by atoms with Crippen LogP contribution in [-0.4, -0.2) is 21.7 Å². The molecule has 0 bridgehead atoms. The van der Waals surface area contributed by atoms with Crippen LogP contribution in [-0.2, 0) is 6.61 Å². The minimum atomic E-state index is -0.193. The van der Waals surface area contributed by atoms with Crippen molar-refractivity contribution in [1.29, 1.82) is 0 Å². The van der Waals surface area contributed by atoms with Gasteiger partial charge in [-0.05, 0) is 52.9 Å². The molecule has 164 valence electrons. The first-order valence-corrected chi connectivity index (χ1v) is 11.9. The van der Waals surface area contributed by atoms with Gasteiger partial charge >= 0.3 is 0 Å². The van der Waals surface area contributed by atoms with Crippen molar-refractivity contribution in [3.05, 3.63) is 103 Å². The standard InChI is InChI=1S/C25H19N3O3S2/c1-30-21-14-18(9-11-20(21)31-16-17-6-3-2-4-7-17)15-22-24(29)28-25(33-22)26-23(27-28)12-10-19-8-5-13-32-19/h2-15H,16H2,1H3/b12-10+,22-15-. The first-order valence-electron chi connectivity index (χ1n) is 10.2. The zero-order chi connectivity index (χ0) is 22.6. The lowest BCUT2D eigenvalue weighted by Crippen LogP contribution is -2.23. The highest BCUT2D eigenvalue weighted by Crippen LogP contribution is 2.29. The first kappa shape index (κ1) is 21.1. The molecule has 0 saturated carbocycles. The molecule has 2 aromatic carbocycles. The van der Waals surface area contributed by atoms with E-state index < -0.39 is 0 Å². The maximum absolute atomic E-state index is 12.8. The van der Waals surface area contributed by atoms with Gasteiger partial charge in [-0.3, -0.25) is 4.79 Å². The number of nitrogens with zero attached hydrogens (tertiary/aromatic N) is 3. The summed E-state index contributed by atoms with van der Waals surface area (Å²) < 4.78 is 13.3. The molecule has 0 aliphatic heterocycles. The lowest BCUT2D eigenvalue weighted by Gasteiger charge is -2.11. The van der Waals surface area contributed by atoms with Crippen LogP contribution in [0.2, 0.25) is 0 Å². The number of hydrogen-bond acceptors (Lipinski definition) is 7. The Labute approximate surface area is 197 Å². The quantitative estimate of drug-likeness (QED) is 0.348. The molecule has 33 heavy (non-hydrogen) atoms. The molecular formula is C25H19N3O3S2. The van der Waals surface area contributed by atoms with Gasteiger partial charge in [0, 0.05) is 4.88 Å². The molecule has 0 radical (unpaired) electrons. The predicted molar refractivity (Wildman–Crippen MR) is 133 cm³/mol. The average Bonchev–Trinajstić information content (AvgIpc) is 3.56. The Kier molecular flexibility index (Phi) is 6.01. The molecule has 8 heteroatoms. The SMILES string of the molecule is COc1cc(/C=c2\sc3nc(/C=C/c4cccs4)nn3c2=O)ccc1OCc1ccccc1. The molecule has 0 aliphatic rings. The van der Waals surface area contributed by atoms with E-state index in [1.54, 1.807) is 18.4 Å². The lowest BCUT2D eigenvalue weighted by atomic mass is 10.2. The fraction of sp³-hybridized carbons (Fsp3) is 0.0800. The van der Waals surface area contributed by atoms with Crippen molar-refractivity contribution in [1.82, 2.24) is 14.6 Å². The van der Waals surface area contributed by atoms with Gasteiger partial charge in [0.05, 0.1) is 11.6 Å². The zero-order valence-electron chi connectivity index (χ0n) is 17.7. The van der Waals surface area contributed by atoms with Crippen LogP contribution in [0.5, 0.6) is 11.5 Å². The second kappa shape index (κ2) is 9.40. The van der Waals surface area contributed by atoms with E-state index in [1.807, 2.05) is 84.3 Å². The van der Waals surface area contributed by atoms with Crippen molar-refractivity contribution in [3.8, 4) is 11.5 Å². The van der Waals surface area contributed by atoms with Gasteiger partial charge in [-0.1, -0.05) is 53.8 Å². The van der Waals surface area contributed by atoms with E-state index in [9.17, 15) is 4.79 Å². The van der Waals surface area contributed by atoms with Gasteiger partial charge in [0.1, 0.15) is 6.61 Å². The number of thiophene rings is 1. The molecular weight excluding hydrogens is 454 g/mol. The van der Waals surface area contributed by atoms with Gasteiger partial charge in [-0.15, -0.1) is 16.4 Å². The Morgan fingerprint density at radius 1 is 1.03 bits per heavy atom. The maximum Gasteiger partial charge on any atom is 0.291 e. The van der Waals surface area contributed by atoms with Crippen molar-refractivity contribution < 1.29 is 9.47 Å². The van der Waals surface area contributed by atoms with Crippen molar-refractivity contribution in [2.75, 3.05) is 7.11 Å². The highest BCUT2D eigenvalue weighted by atomic mass is 32.1. The van der Waals surface area contributed by atoms with Crippen molar-refractivity contribution in [2.45, 2.75) is 6.61 Å². The third-order valence-electron chi connectivity index (χ3n) is 4.86. The van der Waals surface area contributed by atoms with E-state index in [4.69, 9.17) is 9.47 Å². The highest BCUT2D eigenvalue weighted by molar-refractivity contribution is 7.15. The van der Waals surface area contributed by atoms with Crippen molar-refractivity contribution in [2.24, 2.45) is 0 Å². The van der Waals surface area contributed by atoms with E-state index >= 15 is 0 Å². The highest BCUT2D eigenvalue weighted by Gasteiger charge is 2.10. The van der Waals surface area contributed by atoms with Gasteiger partial charge in [-0.25, -0.2) is 0 Å². The second-order valence-corrected chi connectivity index (χ2v) is 9.10. The summed E-state index contributed by atoms with van der Waals surface area (Å²) in [6.07, 6.45) is 5.57. The van der Waals surface area contributed by atoms with Gasteiger partial charge in [0.15, 0.2) is 17.3 Å². The summed E-state index contributed by atoms with van der Waals surface area (Å²) in [5.74, 6) is 1.76. The van der Waals surface area contributed by atoms with Crippen LogP contribution in [0.25, 0.3) is 23.2 Å². The molecule has 0 spiro atoms. The maximum atomic E-state index is 12.8. The summed E-state index contributed by atoms with van der Waals surface area (Å²) in [4.78, 5) is 18.9. The Hall–Kier alpha value is -3.75. The van der Waals surface area contributed by atoms with Crippen LogP contribution in [0, 0.1) is 0 Å². The lowest BCUT2D eigenvalue weighted by molar-refractivity contribution is 0.284. The van der Waals surface area contributed by atoms with Crippen LogP contribution in [0.15, 0.2) is 70.8 Å². The smallest absolute Gasteiger partial charge is 0.291 e. The third kappa shape index (κ3) is 4.72. The molecule has 0 atom stereocenters. The summed E-state index contributed by atoms with van der Waals surface area (Å²) in [5, 5.41) is 6.34. The van der Waals surface area contributed by atoms with Gasteiger partial charge in [-0.2, -0.15) is 9.50 Å². The first-order chi connectivity index (χ1) is 16.2. The number of fused-ring (bicyclic) bond motifs is 1. The Morgan fingerprint density at radius 2 is 1.91 bits per heavy atom. The van der Waals surface area contributed by atoms with Crippen LogP contribution in [0.3, 0.4) is 0 Å². The molecule has 6 nitrogen and oxygen atoms in total. The van der Waals surface area contributed by atoms with E-state index in [2.05, 4.69) is 10.1 Å². The number of aromatic nitrogens is 3. The van der Waals surface area contributed by atoms with Crippen molar-refractivity contribution >= 4 is 45.9 Å². The summed E-state index contributed by atoms with van der Waals surface area (Å²) >= 11 is 2.94. The topological polar surface area (TPSA) is 65.7 Å². The molecule has 0 N–H and O–H groups in total. The van der Waals surface area contributed by atoms with Gasteiger partial charge in [0.2, 0.25) is 4.96 Å². The van der Waals surface area contributed by atoms with Crippen molar-refractivity contribution in [3.63, 3.8) is 0 Å². The molecule has 0 unspecified atom stereocenters. The van der Waals surface area contributed by atoms with Gasteiger partial charge < -0.3 is 9.47 Å². The molecule has 0 amide bonds. The Morgan fingerprint density at radius 3 is 2.67 bits per heavy atom. The molecule has 0 fully saturated rings. The molecule has 0 saturated heterocycles. The fourth-order valence-corrected chi connectivity index (χ4v) is 4.77. The summed E-state index contributed by atoms with van der Waals surface area (Å²) in [5.41, 5.74) is 1.71. The summed E-state index contributed by atoms with van der Waals surface area (Å²) in [7, 11) is 1.60. The summed E-state index contributed by atoms with van der Waals surface area (Å²) in [6, 6.07) is 19.5. The van der Waals surface area contributed by atoms with Crippen LogP contribution in [0.1, 0.15) is 21.8 Å². The van der Waals surface area contributed by atoms with E-state index in [-0.39, 0.29) is 5.56 Å². The molecule has 5 aromatic rings. The van der Waals surface area contributed by atoms with Crippen LogP contribution in [0.4, 0.5) is 0 Å². The fourth-order valence-electron chi connectivity index (χ4n) is 3.24. The minimum Gasteiger partial charge on any atom is -0.493 e. The molecule has 0 aliphatic carbocycles. The van der Waals surface area contributed by atoms with E-state index in [0.29, 0.717) is 33.4 Å². The number of methoxy groups -OCH3 is 1. The minimum absolute atomic E-state index is 0.193. The Bertz CT molecular complexity index is 1520. The largest absolute Gasteiger partial charge is 0.493 e. The number of thiazole rings is 1. The Balaban J connectivity index is 1.38. The predicted octanol–water partition coefficient (Wildman–Crippen LogP) is 4.52. The third-order valence-corrected chi connectivity index (χ3v) is 6.66. The molecule has 5 rings (SSSR count). The van der Waals surface area contributed by atoms with Crippen LogP contribution < -0.4 is 19.6 Å². The van der Waals surface area contributed by atoms with E-state index in [1.165, 1.54) is 15.9 Å². The number of ether oxygens (including phenoxy) is 2. The van der Waals surface area contributed by atoms with Crippen LogP contribution >= 0.6 is 22.7 Å². The molecule has 3 aromatic heterocycles. The number of rotatable bonds is 7. The number of hydrogen-bond donors (Lipinski definition) is 0. The average molecular weight is 474 g/mol. The molecule has 3 heterocycles. The zero-order valence-corrected chi connectivity index (χ0v) is 19.3. The normalized spacial score (nSPS) is 12.1. The monoisotopic (exact) mass is 473 g/mol. The van der Waals surface area contributed by atoms with E-state index in [0.717, 1.165) is 16.0 Å². The number of benzene rings is 2. The summed E-state index contributed by atoms with van der Waals surface area (Å²) in [6.45, 7) is 0.446. The van der Waals surface area contributed by atoms with Gasteiger partial charge in [0.25, 0.3) is 5.56 Å².